The average molecular weight is 569 g/mol. The van der Waals surface area contributed by atoms with Crippen molar-refractivity contribution in [2.75, 3.05) is 23.3 Å². The highest BCUT2D eigenvalue weighted by molar-refractivity contribution is 7.98. The molecule has 1 aliphatic heterocycles. The van der Waals surface area contributed by atoms with Gasteiger partial charge in [0, 0.05) is 31.0 Å². The molecule has 0 saturated carbocycles. The van der Waals surface area contributed by atoms with E-state index in [1.807, 2.05) is 24.3 Å². The molecule has 40 heavy (non-hydrogen) atoms. The summed E-state index contributed by atoms with van der Waals surface area (Å²) in [6.45, 7) is 5.16. The molecule has 0 bridgehead atoms. The molecule has 0 unspecified atom stereocenters. The first-order chi connectivity index (χ1) is 19.1. The summed E-state index contributed by atoms with van der Waals surface area (Å²) in [5, 5.41) is 15.2. The number of hydrogen-bond donors (Lipinski definition) is 1. The van der Waals surface area contributed by atoms with Crippen molar-refractivity contribution in [1.29, 1.82) is 0 Å². The Morgan fingerprint density at radius 1 is 1.07 bits per heavy atom. The number of rotatable bonds is 8. The molecule has 12 heteroatoms. The summed E-state index contributed by atoms with van der Waals surface area (Å²) in [6.07, 6.45) is -2.56. The Kier molecular flexibility index (Phi) is 7.79. The molecule has 0 radical (unpaired) electrons. The number of non-ortho nitro benzene ring substituents is 1. The van der Waals surface area contributed by atoms with Crippen LogP contribution in [0.15, 0.2) is 59.5 Å². The summed E-state index contributed by atoms with van der Waals surface area (Å²) in [5.74, 6) is 2.43. The van der Waals surface area contributed by atoms with Gasteiger partial charge in [-0.25, -0.2) is 15.0 Å². The van der Waals surface area contributed by atoms with Crippen LogP contribution in [0.4, 0.5) is 30.5 Å². The molecule has 4 aromatic rings. The summed E-state index contributed by atoms with van der Waals surface area (Å²) in [4.78, 5) is 27.8. The van der Waals surface area contributed by atoms with Gasteiger partial charge in [0.1, 0.15) is 17.5 Å². The summed E-state index contributed by atoms with van der Waals surface area (Å²) >= 11 is 1.65. The molecule has 2 aromatic heterocycles. The number of nitro groups is 1. The van der Waals surface area contributed by atoms with Crippen molar-refractivity contribution in [1.82, 2.24) is 15.0 Å². The van der Waals surface area contributed by atoms with Gasteiger partial charge in [-0.3, -0.25) is 10.1 Å². The first kappa shape index (κ1) is 27.6. The fourth-order valence-electron chi connectivity index (χ4n) is 4.68. The summed E-state index contributed by atoms with van der Waals surface area (Å²) < 4.78 is 40.5. The van der Waals surface area contributed by atoms with Crippen molar-refractivity contribution in [2.45, 2.75) is 49.6 Å². The second-order valence-corrected chi connectivity index (χ2v) is 10.7. The van der Waals surface area contributed by atoms with Crippen molar-refractivity contribution in [2.24, 2.45) is 0 Å². The monoisotopic (exact) mass is 568 g/mol. The van der Waals surface area contributed by atoms with E-state index in [1.54, 1.807) is 25.6 Å². The van der Waals surface area contributed by atoms with E-state index in [-0.39, 0.29) is 5.56 Å². The first-order valence-electron chi connectivity index (χ1n) is 12.8. The molecule has 0 amide bonds. The Labute approximate surface area is 233 Å². The van der Waals surface area contributed by atoms with Crippen LogP contribution in [0.5, 0.6) is 0 Å². The summed E-state index contributed by atoms with van der Waals surface area (Å²) in [7, 11) is 0. The van der Waals surface area contributed by atoms with Gasteiger partial charge in [-0.05, 0) is 49.9 Å². The number of aromatic nitrogens is 3. The van der Waals surface area contributed by atoms with E-state index in [2.05, 4.69) is 32.3 Å². The van der Waals surface area contributed by atoms with Crippen molar-refractivity contribution in [3.63, 3.8) is 0 Å². The molecule has 208 valence electrons. The summed E-state index contributed by atoms with van der Waals surface area (Å²) in [6, 6.07) is 13.9. The van der Waals surface area contributed by atoms with E-state index in [0.29, 0.717) is 28.7 Å². The predicted octanol–water partition coefficient (Wildman–Crippen LogP) is 7.33. The fraction of sp³-hybridized carbons (Fsp3) is 0.321. The first-order valence-corrected chi connectivity index (χ1v) is 13.8. The lowest BCUT2D eigenvalue weighted by molar-refractivity contribution is -0.385. The van der Waals surface area contributed by atoms with E-state index in [9.17, 15) is 23.3 Å². The maximum atomic E-state index is 13.5. The number of hydrogen-bond acceptors (Lipinski definition) is 8. The number of anilines is 2. The molecule has 0 spiro atoms. The van der Waals surface area contributed by atoms with Crippen LogP contribution in [-0.2, 0) is 11.9 Å². The highest BCUT2D eigenvalue weighted by Crippen LogP contribution is 2.38. The zero-order chi connectivity index (χ0) is 28.4. The number of alkyl halides is 3. The van der Waals surface area contributed by atoms with E-state index in [1.165, 1.54) is 5.56 Å². The van der Waals surface area contributed by atoms with Crippen LogP contribution >= 0.6 is 11.8 Å². The number of fused-ring (bicyclic) bond motifs is 1. The zero-order valence-electron chi connectivity index (χ0n) is 21.9. The van der Waals surface area contributed by atoms with Crippen LogP contribution in [0.3, 0.4) is 0 Å². The maximum absolute atomic E-state index is 13.5. The van der Waals surface area contributed by atoms with Gasteiger partial charge in [0.05, 0.1) is 26.8 Å². The van der Waals surface area contributed by atoms with Gasteiger partial charge in [-0.1, -0.05) is 30.3 Å². The molecular formula is C28H27F3N6O2S. The number of nitrogens with one attached hydrogen (secondary N) is 1. The lowest BCUT2D eigenvalue weighted by Crippen LogP contribution is -2.20. The van der Waals surface area contributed by atoms with Gasteiger partial charge in [-0.2, -0.15) is 13.2 Å². The number of nitrogens with zero attached hydrogens (tertiary/aromatic N) is 5. The fourth-order valence-corrected chi connectivity index (χ4v) is 5.70. The van der Waals surface area contributed by atoms with Crippen molar-refractivity contribution in [3.8, 4) is 0 Å². The number of halogens is 3. The highest BCUT2D eigenvalue weighted by Gasteiger charge is 2.33. The Balaban J connectivity index is 1.54. The standard InChI is InChI=1S/C28H27F3N6O2S/c1-17(20-12-21(28(29,30)31)14-22(13-20)37(38)39)32-25-23-15-24(40-16-19-8-4-3-5-9-19)27(36-10-6-7-11-36)35-26(23)34-18(2)33-25/h3-5,8-9,12-15,17H,6-7,10-11,16H2,1-2H3,(H,32,33,34,35)/t17-/m1/s1. The quantitative estimate of drug-likeness (QED) is 0.134. The molecule has 1 atom stereocenters. The molecule has 1 fully saturated rings. The lowest BCUT2D eigenvalue weighted by Gasteiger charge is -2.22. The average Bonchev–Trinajstić information content (AvgIpc) is 3.46. The maximum Gasteiger partial charge on any atom is 0.416 e. The Bertz CT molecular complexity index is 1550. The minimum absolute atomic E-state index is 0.117. The largest absolute Gasteiger partial charge is 0.416 e. The SMILES string of the molecule is Cc1nc(N[C@H](C)c2cc([N+](=O)[O-])cc(C(F)(F)F)c2)c2cc(SCc3ccccc3)c(N3CCCC3)nc2n1. The van der Waals surface area contributed by atoms with E-state index in [4.69, 9.17) is 4.98 Å². The van der Waals surface area contributed by atoms with Crippen LogP contribution < -0.4 is 10.2 Å². The topological polar surface area (TPSA) is 97.1 Å². The van der Waals surface area contributed by atoms with E-state index in [0.717, 1.165) is 54.5 Å². The molecule has 0 aliphatic carbocycles. The lowest BCUT2D eigenvalue weighted by atomic mass is 10.0. The molecular weight excluding hydrogens is 541 g/mol. The van der Waals surface area contributed by atoms with Crippen LogP contribution in [0.2, 0.25) is 0 Å². The predicted molar refractivity (Wildman–Crippen MR) is 150 cm³/mol. The number of thioether (sulfide) groups is 1. The number of benzene rings is 2. The Hall–Kier alpha value is -3.93. The van der Waals surface area contributed by atoms with Crippen LogP contribution in [-0.4, -0.2) is 33.0 Å². The van der Waals surface area contributed by atoms with E-state index < -0.39 is 28.4 Å². The van der Waals surface area contributed by atoms with Crippen LogP contribution in [0.1, 0.15) is 48.3 Å². The van der Waals surface area contributed by atoms with Gasteiger partial charge >= 0.3 is 6.18 Å². The highest BCUT2D eigenvalue weighted by atomic mass is 32.2. The van der Waals surface area contributed by atoms with Crippen molar-refractivity contribution >= 4 is 40.1 Å². The van der Waals surface area contributed by atoms with Crippen LogP contribution in [0.25, 0.3) is 11.0 Å². The van der Waals surface area contributed by atoms with Crippen molar-refractivity contribution in [3.05, 3.63) is 87.2 Å². The Morgan fingerprint density at radius 2 is 1.80 bits per heavy atom. The Morgan fingerprint density at radius 3 is 2.48 bits per heavy atom. The van der Waals surface area contributed by atoms with Crippen LogP contribution in [0, 0.1) is 17.0 Å². The molecule has 1 aliphatic rings. The zero-order valence-corrected chi connectivity index (χ0v) is 22.7. The molecule has 5 rings (SSSR count). The number of aryl methyl sites for hydroxylation is 1. The van der Waals surface area contributed by atoms with Crippen molar-refractivity contribution < 1.29 is 18.1 Å². The minimum Gasteiger partial charge on any atom is -0.363 e. The van der Waals surface area contributed by atoms with Gasteiger partial charge in [-0.15, -0.1) is 11.8 Å². The second-order valence-electron chi connectivity index (χ2n) is 9.70. The molecule has 1 saturated heterocycles. The molecule has 8 nitrogen and oxygen atoms in total. The number of nitro benzene ring substituents is 1. The molecule has 3 heterocycles. The van der Waals surface area contributed by atoms with Gasteiger partial charge in [0.2, 0.25) is 0 Å². The minimum atomic E-state index is -4.72. The molecule has 2 aromatic carbocycles. The normalized spacial score (nSPS) is 14.5. The number of pyridine rings is 1. The van der Waals surface area contributed by atoms with Gasteiger partial charge in [0.15, 0.2) is 5.65 Å². The summed E-state index contributed by atoms with van der Waals surface area (Å²) in [5.41, 5.74) is 0.0528. The third kappa shape index (κ3) is 6.11. The molecule has 1 N–H and O–H groups in total. The van der Waals surface area contributed by atoms with Gasteiger partial charge < -0.3 is 10.2 Å². The third-order valence-electron chi connectivity index (χ3n) is 6.72. The van der Waals surface area contributed by atoms with Gasteiger partial charge in [0.25, 0.3) is 5.69 Å². The second kappa shape index (κ2) is 11.3. The van der Waals surface area contributed by atoms with E-state index >= 15 is 0 Å². The smallest absolute Gasteiger partial charge is 0.363 e. The third-order valence-corrected chi connectivity index (χ3v) is 7.81.